The zero-order valence-electron chi connectivity index (χ0n) is 9.80. The van der Waals surface area contributed by atoms with Crippen molar-refractivity contribution >= 4 is 17.3 Å². The Bertz CT molecular complexity index is 591. The molecule has 3 nitrogen and oxygen atoms in total. The number of benzene rings is 1. The van der Waals surface area contributed by atoms with E-state index >= 15 is 0 Å². The normalized spacial score (nSPS) is 18.3. The number of carboxylic acids is 1. The molecule has 1 unspecified atom stereocenters. The van der Waals surface area contributed by atoms with Crippen LogP contribution >= 0.6 is 11.3 Å². The molecule has 3 rings (SSSR count). The highest BCUT2D eigenvalue weighted by Crippen LogP contribution is 2.34. The van der Waals surface area contributed by atoms with Gasteiger partial charge in [-0.3, -0.25) is 0 Å². The van der Waals surface area contributed by atoms with E-state index in [0.717, 1.165) is 24.3 Å². The van der Waals surface area contributed by atoms with Crippen molar-refractivity contribution < 1.29 is 9.90 Å². The van der Waals surface area contributed by atoms with Crippen molar-refractivity contribution in [2.24, 2.45) is 0 Å². The first kappa shape index (κ1) is 11.4. The number of carbonyl (C=O) groups is 1. The van der Waals surface area contributed by atoms with E-state index in [9.17, 15) is 4.79 Å². The number of fused-ring (bicyclic) bond motifs is 1. The summed E-state index contributed by atoms with van der Waals surface area (Å²) in [5.41, 5.74) is 2.80. The third-order valence-electron chi connectivity index (χ3n) is 3.43. The first-order valence-corrected chi connectivity index (χ1v) is 6.81. The van der Waals surface area contributed by atoms with Crippen LogP contribution in [-0.4, -0.2) is 16.1 Å². The second kappa shape index (κ2) is 4.53. The molecule has 0 saturated heterocycles. The molecule has 4 heteroatoms. The highest BCUT2D eigenvalue weighted by Gasteiger charge is 2.23. The first-order valence-electron chi connectivity index (χ1n) is 6.00. The molecule has 1 N–H and O–H groups in total. The van der Waals surface area contributed by atoms with Gasteiger partial charge in [0.25, 0.3) is 0 Å². The number of aryl methyl sites for hydroxylation is 1. The molecule has 1 atom stereocenters. The Hall–Kier alpha value is -1.68. The van der Waals surface area contributed by atoms with Crippen molar-refractivity contribution in [1.29, 1.82) is 0 Å². The Kier molecular flexibility index (Phi) is 2.88. The number of aromatic nitrogens is 1. The molecular weight excluding hydrogens is 246 g/mol. The van der Waals surface area contributed by atoms with E-state index < -0.39 is 5.97 Å². The number of aromatic carboxylic acids is 1. The van der Waals surface area contributed by atoms with Crippen molar-refractivity contribution in [3.8, 4) is 0 Å². The van der Waals surface area contributed by atoms with Gasteiger partial charge in [0.2, 0.25) is 0 Å². The van der Waals surface area contributed by atoms with Gasteiger partial charge in [0, 0.05) is 5.92 Å². The molecule has 1 aliphatic rings. The summed E-state index contributed by atoms with van der Waals surface area (Å²) in [6.07, 6.45) is 4.57. The summed E-state index contributed by atoms with van der Waals surface area (Å²) in [5.74, 6) is -0.507. The maximum Gasteiger partial charge on any atom is 0.347 e. The molecule has 0 spiro atoms. The zero-order chi connectivity index (χ0) is 12.5. The Morgan fingerprint density at radius 1 is 1.33 bits per heavy atom. The molecular formula is C14H13NO2S. The molecule has 2 aromatic rings. The van der Waals surface area contributed by atoms with Crippen LogP contribution in [0.1, 0.15) is 38.1 Å². The number of hydrogen-bond acceptors (Lipinski definition) is 3. The van der Waals surface area contributed by atoms with E-state index in [1.165, 1.54) is 28.7 Å². The smallest absolute Gasteiger partial charge is 0.347 e. The van der Waals surface area contributed by atoms with Crippen LogP contribution in [0.3, 0.4) is 0 Å². The summed E-state index contributed by atoms with van der Waals surface area (Å²) < 4.78 is 0. The minimum atomic E-state index is -0.880. The number of carboxylic acid groups (broad SMARTS) is 1. The Morgan fingerprint density at radius 3 is 2.83 bits per heavy atom. The van der Waals surface area contributed by atoms with E-state index in [-0.39, 0.29) is 0 Å². The highest BCUT2D eigenvalue weighted by molar-refractivity contribution is 7.13. The summed E-state index contributed by atoms with van der Waals surface area (Å²) in [6.45, 7) is 0. The fraction of sp³-hybridized carbons (Fsp3) is 0.286. The maximum atomic E-state index is 10.9. The van der Waals surface area contributed by atoms with E-state index in [4.69, 9.17) is 5.11 Å². The second-order valence-electron chi connectivity index (χ2n) is 4.58. The minimum absolute atomic E-state index is 0.337. The quantitative estimate of drug-likeness (QED) is 0.901. The fourth-order valence-electron chi connectivity index (χ4n) is 2.48. The molecule has 1 aromatic carbocycles. The van der Waals surface area contributed by atoms with Gasteiger partial charge < -0.3 is 5.11 Å². The molecule has 1 aliphatic carbocycles. The molecule has 1 heterocycles. The Labute approximate surface area is 109 Å². The Balaban J connectivity index is 1.85. The van der Waals surface area contributed by atoms with E-state index in [0.29, 0.717) is 10.8 Å². The van der Waals surface area contributed by atoms with Gasteiger partial charge in [-0.15, -0.1) is 11.3 Å². The topological polar surface area (TPSA) is 50.2 Å². The molecule has 0 saturated carbocycles. The highest BCUT2D eigenvalue weighted by atomic mass is 32.1. The van der Waals surface area contributed by atoms with Crippen LogP contribution in [0.5, 0.6) is 0 Å². The summed E-state index contributed by atoms with van der Waals surface area (Å²) >= 11 is 1.31. The van der Waals surface area contributed by atoms with Crippen LogP contribution in [0.4, 0.5) is 0 Å². The molecule has 1 aromatic heterocycles. The van der Waals surface area contributed by atoms with Gasteiger partial charge in [-0.2, -0.15) is 0 Å². The molecule has 0 amide bonds. The van der Waals surface area contributed by atoms with Gasteiger partial charge >= 0.3 is 5.97 Å². The van der Waals surface area contributed by atoms with Crippen molar-refractivity contribution in [1.82, 2.24) is 4.98 Å². The first-order chi connectivity index (χ1) is 8.74. The number of hydrogen-bond donors (Lipinski definition) is 1. The van der Waals surface area contributed by atoms with Gasteiger partial charge in [-0.1, -0.05) is 24.3 Å². The Morgan fingerprint density at radius 2 is 2.11 bits per heavy atom. The predicted octanol–water partition coefficient (Wildman–Crippen LogP) is 3.11. The molecule has 0 fully saturated rings. The lowest BCUT2D eigenvalue weighted by Gasteiger charge is -2.22. The van der Waals surface area contributed by atoms with Crippen LogP contribution in [0.15, 0.2) is 30.5 Å². The van der Waals surface area contributed by atoms with E-state index in [2.05, 4.69) is 29.2 Å². The van der Waals surface area contributed by atoms with Crippen LogP contribution in [0.2, 0.25) is 0 Å². The SMILES string of the molecule is O=C(O)c1cnc(C2CCc3ccccc3C2)s1. The van der Waals surface area contributed by atoms with Gasteiger partial charge in [-0.25, -0.2) is 9.78 Å². The van der Waals surface area contributed by atoms with Gasteiger partial charge in [0.05, 0.1) is 11.2 Å². The number of nitrogens with zero attached hydrogens (tertiary/aromatic N) is 1. The molecule has 0 aliphatic heterocycles. The van der Waals surface area contributed by atoms with Crippen molar-refractivity contribution in [3.63, 3.8) is 0 Å². The van der Waals surface area contributed by atoms with Crippen LogP contribution in [-0.2, 0) is 12.8 Å². The van der Waals surface area contributed by atoms with Gasteiger partial charge in [-0.05, 0) is 30.4 Å². The van der Waals surface area contributed by atoms with Gasteiger partial charge in [0.1, 0.15) is 4.88 Å². The number of rotatable bonds is 2. The summed E-state index contributed by atoms with van der Waals surface area (Å²) in [7, 11) is 0. The molecule has 18 heavy (non-hydrogen) atoms. The van der Waals surface area contributed by atoms with Crippen molar-refractivity contribution in [3.05, 3.63) is 51.5 Å². The lowest BCUT2D eigenvalue weighted by Crippen LogP contribution is -2.12. The fourth-order valence-corrected chi connectivity index (χ4v) is 3.38. The lowest BCUT2D eigenvalue weighted by molar-refractivity contribution is 0.0702. The largest absolute Gasteiger partial charge is 0.477 e. The van der Waals surface area contributed by atoms with Crippen LogP contribution in [0.25, 0.3) is 0 Å². The summed E-state index contributed by atoms with van der Waals surface area (Å²) in [5, 5.41) is 9.88. The lowest BCUT2D eigenvalue weighted by atomic mass is 9.84. The predicted molar refractivity (Wildman–Crippen MR) is 70.3 cm³/mol. The third kappa shape index (κ3) is 2.04. The maximum absolute atomic E-state index is 10.9. The van der Waals surface area contributed by atoms with Crippen molar-refractivity contribution in [2.75, 3.05) is 0 Å². The van der Waals surface area contributed by atoms with Gasteiger partial charge in [0.15, 0.2) is 0 Å². The van der Waals surface area contributed by atoms with Crippen LogP contribution < -0.4 is 0 Å². The summed E-state index contributed by atoms with van der Waals surface area (Å²) in [6, 6.07) is 8.47. The second-order valence-corrected chi connectivity index (χ2v) is 5.64. The standard InChI is InChI=1S/C14H13NO2S/c16-14(17)12-8-15-13(18-12)11-6-5-9-3-1-2-4-10(9)7-11/h1-4,8,11H,5-7H2,(H,16,17). The monoisotopic (exact) mass is 259 g/mol. The van der Waals surface area contributed by atoms with E-state index in [1.54, 1.807) is 0 Å². The average molecular weight is 259 g/mol. The molecule has 0 bridgehead atoms. The van der Waals surface area contributed by atoms with Crippen molar-refractivity contribution in [2.45, 2.75) is 25.2 Å². The van der Waals surface area contributed by atoms with E-state index in [1.807, 2.05) is 0 Å². The zero-order valence-corrected chi connectivity index (χ0v) is 10.6. The number of thiazole rings is 1. The van der Waals surface area contributed by atoms with Crippen LogP contribution in [0, 0.1) is 0 Å². The third-order valence-corrected chi connectivity index (χ3v) is 4.58. The molecule has 0 radical (unpaired) electrons. The minimum Gasteiger partial charge on any atom is -0.477 e. The summed E-state index contributed by atoms with van der Waals surface area (Å²) in [4.78, 5) is 15.5. The average Bonchev–Trinajstić information content (AvgIpc) is 2.88. The molecule has 92 valence electrons.